The van der Waals surface area contributed by atoms with Crippen LogP contribution in [-0.2, 0) is 17.9 Å². The third kappa shape index (κ3) is 7.78. The highest BCUT2D eigenvalue weighted by atomic mass is 16.5. The van der Waals surface area contributed by atoms with E-state index in [2.05, 4.69) is 27.3 Å². The van der Waals surface area contributed by atoms with Crippen LogP contribution in [0.4, 0.5) is 0 Å². The van der Waals surface area contributed by atoms with Crippen LogP contribution in [0.2, 0.25) is 0 Å². The number of amides is 2. The number of benzene rings is 2. The van der Waals surface area contributed by atoms with Crippen LogP contribution in [0.5, 0.6) is 5.75 Å². The van der Waals surface area contributed by atoms with E-state index in [9.17, 15) is 14.9 Å². The number of carbonyl (C=O) groups excluding carboxylic acids is 2. The number of rotatable bonds is 9. The monoisotopic (exact) mass is 580 g/mol. The Labute approximate surface area is 253 Å². The van der Waals surface area contributed by atoms with Crippen molar-refractivity contribution in [3.8, 4) is 11.8 Å². The smallest absolute Gasteiger partial charge is 0.256 e. The number of carbonyl (C=O) groups is 2. The first-order valence-corrected chi connectivity index (χ1v) is 15.1. The van der Waals surface area contributed by atoms with Crippen LogP contribution >= 0.6 is 0 Å². The van der Waals surface area contributed by atoms with Crippen LogP contribution in [0.15, 0.2) is 73.1 Å². The summed E-state index contributed by atoms with van der Waals surface area (Å²) in [6.07, 6.45) is 7.89. The van der Waals surface area contributed by atoms with Gasteiger partial charge in [-0.2, -0.15) is 5.26 Å². The van der Waals surface area contributed by atoms with E-state index in [1.807, 2.05) is 42.5 Å². The number of pyridine rings is 1. The fourth-order valence-corrected chi connectivity index (χ4v) is 6.22. The molecule has 9 heteroatoms. The lowest BCUT2D eigenvalue weighted by Gasteiger charge is -2.43. The van der Waals surface area contributed by atoms with Gasteiger partial charge in [-0.15, -0.1) is 0 Å². The largest absolute Gasteiger partial charge is 0.497 e. The van der Waals surface area contributed by atoms with Gasteiger partial charge in [0.2, 0.25) is 5.91 Å². The summed E-state index contributed by atoms with van der Waals surface area (Å²) in [6.45, 7) is 1.74. The van der Waals surface area contributed by atoms with Crippen molar-refractivity contribution in [2.45, 2.75) is 75.8 Å². The average molecular weight is 581 g/mol. The van der Waals surface area contributed by atoms with Crippen molar-refractivity contribution < 1.29 is 14.3 Å². The van der Waals surface area contributed by atoms with E-state index in [4.69, 9.17) is 10.5 Å². The Morgan fingerprint density at radius 3 is 2.51 bits per heavy atom. The summed E-state index contributed by atoms with van der Waals surface area (Å²) in [6, 6.07) is 21.0. The summed E-state index contributed by atoms with van der Waals surface area (Å²) < 4.78 is 5.48. The third-order valence-corrected chi connectivity index (χ3v) is 8.67. The van der Waals surface area contributed by atoms with Crippen molar-refractivity contribution in [1.82, 2.24) is 20.1 Å². The summed E-state index contributed by atoms with van der Waals surface area (Å²) >= 11 is 0. The molecule has 0 radical (unpaired) electrons. The fraction of sp³-hybridized carbons (Fsp3) is 0.412. The molecule has 0 spiro atoms. The van der Waals surface area contributed by atoms with Gasteiger partial charge in [0.25, 0.3) is 5.91 Å². The highest BCUT2D eigenvalue weighted by Crippen LogP contribution is 2.28. The Morgan fingerprint density at radius 1 is 1.05 bits per heavy atom. The van der Waals surface area contributed by atoms with Gasteiger partial charge in [0.1, 0.15) is 11.8 Å². The molecule has 43 heavy (non-hydrogen) atoms. The van der Waals surface area contributed by atoms with Crippen LogP contribution in [0.25, 0.3) is 0 Å². The number of piperidine rings is 1. The second-order valence-corrected chi connectivity index (χ2v) is 11.6. The molecule has 2 atom stereocenters. The molecular formula is C34H40N6O3. The molecule has 1 aromatic heterocycles. The van der Waals surface area contributed by atoms with Gasteiger partial charge in [0.05, 0.1) is 24.3 Å². The standard InChI is InChI=1S/C34H40N6O3/c1-43-31-6-2-4-26(18-31)23-39(22-25-9-7-24(20-35)8-10-25)30-15-17-40(34(42)27-5-3-16-37-21-27)32(19-30)33(41)38-29-13-11-28(36)12-14-29/h2-10,16,18,21,28-30,32H,11-15,17,19,22-23,36H2,1H3,(H,38,41)/t28?,29?,30?,32-/m1/s1. The summed E-state index contributed by atoms with van der Waals surface area (Å²) in [5, 5.41) is 12.5. The van der Waals surface area contributed by atoms with Crippen molar-refractivity contribution in [2.24, 2.45) is 5.73 Å². The molecule has 3 aromatic rings. The van der Waals surface area contributed by atoms with E-state index in [-0.39, 0.29) is 29.9 Å². The van der Waals surface area contributed by atoms with E-state index in [0.717, 1.165) is 42.6 Å². The molecule has 224 valence electrons. The van der Waals surface area contributed by atoms with Crippen molar-refractivity contribution >= 4 is 11.8 Å². The summed E-state index contributed by atoms with van der Waals surface area (Å²) in [7, 11) is 1.66. The van der Waals surface area contributed by atoms with Gasteiger partial charge in [-0.1, -0.05) is 24.3 Å². The molecule has 5 rings (SSSR count). The Kier molecular flexibility index (Phi) is 10.0. The highest BCUT2D eigenvalue weighted by Gasteiger charge is 2.39. The molecule has 2 aromatic carbocycles. The van der Waals surface area contributed by atoms with Crippen LogP contribution < -0.4 is 15.8 Å². The molecule has 1 saturated heterocycles. The van der Waals surface area contributed by atoms with E-state index < -0.39 is 6.04 Å². The Morgan fingerprint density at radius 2 is 1.81 bits per heavy atom. The Balaban J connectivity index is 1.41. The fourth-order valence-electron chi connectivity index (χ4n) is 6.22. The van der Waals surface area contributed by atoms with E-state index >= 15 is 0 Å². The zero-order chi connectivity index (χ0) is 30.2. The summed E-state index contributed by atoms with van der Waals surface area (Å²) in [4.78, 5) is 35.8. The van der Waals surface area contributed by atoms with Gasteiger partial charge < -0.3 is 20.7 Å². The van der Waals surface area contributed by atoms with Gasteiger partial charge >= 0.3 is 0 Å². The number of aromatic nitrogens is 1. The molecule has 2 heterocycles. The van der Waals surface area contributed by atoms with Gasteiger partial charge in [-0.3, -0.25) is 19.5 Å². The van der Waals surface area contributed by atoms with Crippen LogP contribution in [-0.4, -0.2) is 64.4 Å². The van der Waals surface area contributed by atoms with Crippen LogP contribution in [0.3, 0.4) is 0 Å². The molecule has 1 unspecified atom stereocenters. The highest BCUT2D eigenvalue weighted by molar-refractivity contribution is 5.97. The average Bonchev–Trinajstić information content (AvgIpc) is 3.05. The minimum Gasteiger partial charge on any atom is -0.497 e. The minimum absolute atomic E-state index is 0.0373. The second kappa shape index (κ2) is 14.3. The van der Waals surface area contributed by atoms with E-state index in [1.165, 1.54) is 0 Å². The first-order valence-electron chi connectivity index (χ1n) is 15.1. The molecule has 2 amide bonds. The first-order chi connectivity index (χ1) is 20.9. The third-order valence-electron chi connectivity index (χ3n) is 8.67. The molecule has 1 saturated carbocycles. The van der Waals surface area contributed by atoms with Crippen molar-refractivity contribution in [3.63, 3.8) is 0 Å². The molecule has 1 aliphatic heterocycles. The molecule has 1 aliphatic carbocycles. The van der Waals surface area contributed by atoms with Crippen LogP contribution in [0, 0.1) is 11.3 Å². The summed E-state index contributed by atoms with van der Waals surface area (Å²) in [5.74, 6) is 0.503. The van der Waals surface area contributed by atoms with Gasteiger partial charge in [0.15, 0.2) is 0 Å². The van der Waals surface area contributed by atoms with E-state index in [0.29, 0.717) is 43.6 Å². The predicted octanol–water partition coefficient (Wildman–Crippen LogP) is 4.02. The number of methoxy groups -OCH3 is 1. The van der Waals surface area contributed by atoms with Crippen molar-refractivity contribution in [1.29, 1.82) is 5.26 Å². The van der Waals surface area contributed by atoms with E-state index in [1.54, 1.807) is 36.5 Å². The van der Waals surface area contributed by atoms with Crippen LogP contribution in [0.1, 0.15) is 65.6 Å². The number of likely N-dealkylation sites (tertiary alicyclic amines) is 1. The number of ether oxygens (including phenoxy) is 1. The lowest BCUT2D eigenvalue weighted by Crippen LogP contribution is -2.58. The first kappa shape index (κ1) is 30.2. The zero-order valence-electron chi connectivity index (χ0n) is 24.7. The number of nitrogens with two attached hydrogens (primary N) is 1. The maximum absolute atomic E-state index is 13.9. The van der Waals surface area contributed by atoms with Crippen molar-refractivity contribution in [2.75, 3.05) is 13.7 Å². The second-order valence-electron chi connectivity index (χ2n) is 11.6. The van der Waals surface area contributed by atoms with Gasteiger partial charge in [0, 0.05) is 50.2 Å². The number of nitrogens with zero attached hydrogens (tertiary/aromatic N) is 4. The summed E-state index contributed by atoms with van der Waals surface area (Å²) in [5.41, 5.74) is 9.38. The lowest BCUT2D eigenvalue weighted by atomic mass is 9.90. The molecule has 9 nitrogen and oxygen atoms in total. The molecule has 3 N–H and O–H groups in total. The number of hydrogen-bond donors (Lipinski definition) is 2. The Bertz CT molecular complexity index is 1420. The number of nitriles is 1. The quantitative estimate of drug-likeness (QED) is 0.392. The predicted molar refractivity (Wildman–Crippen MR) is 164 cm³/mol. The molecule has 0 bridgehead atoms. The minimum atomic E-state index is -0.615. The molecule has 2 aliphatic rings. The Hall–Kier alpha value is -4.26. The maximum Gasteiger partial charge on any atom is 0.256 e. The normalized spacial score (nSPS) is 22.0. The lowest BCUT2D eigenvalue weighted by molar-refractivity contribution is -0.128. The number of nitrogens with one attached hydrogen (secondary N) is 1. The molecule has 2 fully saturated rings. The van der Waals surface area contributed by atoms with Crippen molar-refractivity contribution in [3.05, 3.63) is 95.3 Å². The SMILES string of the molecule is COc1cccc(CN(Cc2ccc(C#N)cc2)C2CCN(C(=O)c3cccnc3)[C@@H](C(=O)NC3CCC(N)CC3)C2)c1. The topological polar surface area (TPSA) is 125 Å². The molecular weight excluding hydrogens is 540 g/mol. The number of hydrogen-bond acceptors (Lipinski definition) is 7. The zero-order valence-corrected chi connectivity index (χ0v) is 24.7. The van der Waals surface area contributed by atoms with Gasteiger partial charge in [-0.25, -0.2) is 0 Å². The van der Waals surface area contributed by atoms with Gasteiger partial charge in [-0.05, 0) is 86.1 Å². The maximum atomic E-state index is 13.9.